The third-order valence-corrected chi connectivity index (χ3v) is 3.50. The molecule has 0 saturated heterocycles. The van der Waals surface area contributed by atoms with E-state index in [1.807, 2.05) is 0 Å². The van der Waals surface area contributed by atoms with Crippen LogP contribution in [0.15, 0.2) is 0 Å². The number of ether oxygens (including phenoxy) is 1. The van der Waals surface area contributed by atoms with Crippen molar-refractivity contribution in [2.24, 2.45) is 5.41 Å². The van der Waals surface area contributed by atoms with E-state index in [1.165, 1.54) is 0 Å². The lowest BCUT2D eigenvalue weighted by Gasteiger charge is -2.52. The Bertz CT molecular complexity index is 192. The fraction of sp³-hybridized carbons (Fsp3) is 1.00. The highest BCUT2D eigenvalue weighted by molar-refractivity contribution is 5.02. The Morgan fingerprint density at radius 3 is 2.53 bits per heavy atom. The van der Waals surface area contributed by atoms with E-state index in [1.54, 1.807) is 0 Å². The maximum Gasteiger partial charge on any atom is 0.0655 e. The third kappa shape index (κ3) is 3.16. The average molecular weight is 214 g/mol. The Hall–Kier alpha value is -0.120. The quantitative estimate of drug-likeness (QED) is 0.722. The first kappa shape index (κ1) is 12.9. The Kier molecular flexibility index (Phi) is 4.56. The van der Waals surface area contributed by atoms with E-state index >= 15 is 0 Å². The van der Waals surface area contributed by atoms with Gasteiger partial charge in [-0.3, -0.25) is 0 Å². The minimum Gasteiger partial charge on any atom is -0.378 e. The van der Waals surface area contributed by atoms with Gasteiger partial charge in [-0.1, -0.05) is 13.8 Å². The molecule has 0 spiro atoms. The van der Waals surface area contributed by atoms with Gasteiger partial charge in [0.05, 0.1) is 6.10 Å². The lowest BCUT2D eigenvalue weighted by molar-refractivity contribution is -0.114. The van der Waals surface area contributed by atoms with Crippen LogP contribution in [0.1, 0.15) is 27.2 Å². The smallest absolute Gasteiger partial charge is 0.0655 e. The monoisotopic (exact) mass is 214 g/mol. The predicted octanol–water partition coefficient (Wildman–Crippen LogP) is 1.34. The van der Waals surface area contributed by atoms with Gasteiger partial charge in [-0.05, 0) is 27.4 Å². The maximum atomic E-state index is 5.70. The van der Waals surface area contributed by atoms with Crippen LogP contribution >= 0.6 is 0 Å². The molecule has 90 valence electrons. The van der Waals surface area contributed by atoms with Crippen LogP contribution < -0.4 is 5.32 Å². The lowest BCUT2D eigenvalue weighted by atomic mass is 9.64. The Labute approximate surface area is 94.2 Å². The zero-order chi connectivity index (χ0) is 11.5. The van der Waals surface area contributed by atoms with E-state index in [2.05, 4.69) is 45.1 Å². The zero-order valence-electron chi connectivity index (χ0n) is 10.8. The van der Waals surface area contributed by atoms with Crippen molar-refractivity contribution in [2.45, 2.75) is 39.3 Å². The van der Waals surface area contributed by atoms with Gasteiger partial charge in [-0.15, -0.1) is 0 Å². The molecular weight excluding hydrogens is 188 g/mol. The summed E-state index contributed by atoms with van der Waals surface area (Å²) in [6.07, 6.45) is 1.60. The summed E-state index contributed by atoms with van der Waals surface area (Å²) in [5, 5.41) is 3.61. The summed E-state index contributed by atoms with van der Waals surface area (Å²) in [4.78, 5) is 2.21. The first-order valence-corrected chi connectivity index (χ1v) is 5.98. The minimum absolute atomic E-state index is 0.294. The van der Waals surface area contributed by atoms with Crippen LogP contribution in [0.2, 0.25) is 0 Å². The summed E-state index contributed by atoms with van der Waals surface area (Å²) in [5.74, 6) is 0. The summed E-state index contributed by atoms with van der Waals surface area (Å²) in [6, 6.07) is 0.619. The van der Waals surface area contributed by atoms with Crippen molar-refractivity contribution in [1.29, 1.82) is 0 Å². The molecule has 0 aromatic carbocycles. The second kappa shape index (κ2) is 5.28. The molecule has 1 rings (SSSR count). The molecule has 1 aliphatic carbocycles. The van der Waals surface area contributed by atoms with Crippen molar-refractivity contribution in [3.63, 3.8) is 0 Å². The largest absolute Gasteiger partial charge is 0.378 e. The van der Waals surface area contributed by atoms with Crippen LogP contribution in [-0.2, 0) is 4.74 Å². The molecule has 1 fully saturated rings. The van der Waals surface area contributed by atoms with Crippen LogP contribution in [0.25, 0.3) is 0 Å². The standard InChI is InChI=1S/C12H26N2O/c1-6-15-11-9-10(12(11,2)3)13-7-8-14(4)5/h10-11,13H,6-9H2,1-5H3. The van der Waals surface area contributed by atoms with Gasteiger partial charge in [0.2, 0.25) is 0 Å². The molecule has 0 heterocycles. The van der Waals surface area contributed by atoms with E-state index in [0.29, 0.717) is 17.6 Å². The van der Waals surface area contributed by atoms with Crippen molar-refractivity contribution in [3.8, 4) is 0 Å². The van der Waals surface area contributed by atoms with Crippen molar-refractivity contribution >= 4 is 0 Å². The van der Waals surface area contributed by atoms with Crippen molar-refractivity contribution in [2.75, 3.05) is 33.8 Å². The summed E-state index contributed by atoms with van der Waals surface area (Å²) in [6.45, 7) is 9.67. The summed E-state index contributed by atoms with van der Waals surface area (Å²) in [5.41, 5.74) is 0.294. The molecule has 3 nitrogen and oxygen atoms in total. The number of hydrogen-bond donors (Lipinski definition) is 1. The number of rotatable bonds is 6. The third-order valence-electron chi connectivity index (χ3n) is 3.50. The molecule has 1 aliphatic rings. The molecule has 0 amide bonds. The van der Waals surface area contributed by atoms with Gasteiger partial charge in [-0.25, -0.2) is 0 Å². The van der Waals surface area contributed by atoms with Crippen molar-refractivity contribution in [3.05, 3.63) is 0 Å². The minimum atomic E-state index is 0.294. The SMILES string of the molecule is CCOC1CC(NCCN(C)C)C1(C)C. The first-order valence-electron chi connectivity index (χ1n) is 5.98. The van der Waals surface area contributed by atoms with Gasteiger partial charge < -0.3 is 15.0 Å². The number of hydrogen-bond acceptors (Lipinski definition) is 3. The van der Waals surface area contributed by atoms with E-state index in [4.69, 9.17) is 4.74 Å². The number of likely N-dealkylation sites (N-methyl/N-ethyl adjacent to an activating group) is 1. The van der Waals surface area contributed by atoms with Crippen LogP contribution in [-0.4, -0.2) is 50.8 Å². The predicted molar refractivity (Wildman–Crippen MR) is 64.2 cm³/mol. The van der Waals surface area contributed by atoms with E-state index in [9.17, 15) is 0 Å². The second-order valence-corrected chi connectivity index (χ2v) is 5.31. The topological polar surface area (TPSA) is 24.5 Å². The Balaban J connectivity index is 2.23. The first-order chi connectivity index (χ1) is 6.98. The molecule has 0 aliphatic heterocycles. The maximum absolute atomic E-state index is 5.70. The molecular formula is C12H26N2O. The van der Waals surface area contributed by atoms with E-state index < -0.39 is 0 Å². The second-order valence-electron chi connectivity index (χ2n) is 5.31. The Morgan fingerprint density at radius 1 is 1.40 bits per heavy atom. The molecule has 2 atom stereocenters. The molecule has 0 bridgehead atoms. The molecule has 15 heavy (non-hydrogen) atoms. The molecule has 1 saturated carbocycles. The van der Waals surface area contributed by atoms with Gasteiger partial charge in [-0.2, -0.15) is 0 Å². The van der Waals surface area contributed by atoms with Crippen LogP contribution in [0.5, 0.6) is 0 Å². The number of nitrogens with one attached hydrogen (secondary N) is 1. The summed E-state index contributed by atoms with van der Waals surface area (Å²) in [7, 11) is 4.22. The highest BCUT2D eigenvalue weighted by Crippen LogP contribution is 2.42. The molecule has 1 N–H and O–H groups in total. The molecule has 0 aromatic rings. The average Bonchev–Trinajstić information content (AvgIpc) is 2.15. The van der Waals surface area contributed by atoms with Crippen molar-refractivity contribution < 1.29 is 4.74 Å². The lowest BCUT2D eigenvalue weighted by Crippen LogP contribution is -2.61. The highest BCUT2D eigenvalue weighted by Gasteiger charge is 2.48. The summed E-state index contributed by atoms with van der Waals surface area (Å²) < 4.78 is 5.70. The Morgan fingerprint density at radius 2 is 2.07 bits per heavy atom. The normalized spacial score (nSPS) is 29.2. The fourth-order valence-corrected chi connectivity index (χ4v) is 2.18. The van der Waals surface area contributed by atoms with Crippen LogP contribution in [0, 0.1) is 5.41 Å². The molecule has 3 heteroatoms. The van der Waals surface area contributed by atoms with Gasteiger partial charge >= 0.3 is 0 Å². The van der Waals surface area contributed by atoms with Gasteiger partial charge in [0.25, 0.3) is 0 Å². The van der Waals surface area contributed by atoms with Gasteiger partial charge in [0, 0.05) is 31.2 Å². The molecule has 2 unspecified atom stereocenters. The van der Waals surface area contributed by atoms with Gasteiger partial charge in [0.1, 0.15) is 0 Å². The zero-order valence-corrected chi connectivity index (χ0v) is 10.8. The fourth-order valence-electron chi connectivity index (χ4n) is 2.18. The van der Waals surface area contributed by atoms with Crippen LogP contribution in [0.3, 0.4) is 0 Å². The molecule has 0 radical (unpaired) electrons. The van der Waals surface area contributed by atoms with Crippen molar-refractivity contribution in [1.82, 2.24) is 10.2 Å². The van der Waals surface area contributed by atoms with Crippen LogP contribution in [0.4, 0.5) is 0 Å². The number of nitrogens with zero attached hydrogens (tertiary/aromatic N) is 1. The molecule has 0 aromatic heterocycles. The van der Waals surface area contributed by atoms with Gasteiger partial charge in [0.15, 0.2) is 0 Å². The highest BCUT2D eigenvalue weighted by atomic mass is 16.5. The van der Waals surface area contributed by atoms with E-state index in [-0.39, 0.29) is 0 Å². The summed E-state index contributed by atoms with van der Waals surface area (Å²) >= 11 is 0. The van der Waals surface area contributed by atoms with E-state index in [0.717, 1.165) is 26.1 Å².